The summed E-state index contributed by atoms with van der Waals surface area (Å²) in [6, 6.07) is -0.607. The lowest BCUT2D eigenvalue weighted by atomic mass is 10.0. The first-order valence-corrected chi connectivity index (χ1v) is 8.83. The van der Waals surface area contributed by atoms with Gasteiger partial charge in [0.05, 0.1) is 13.1 Å². The fraction of sp³-hybridized carbons (Fsp3) is 0.588. The Balaban J connectivity index is 1.49. The summed E-state index contributed by atoms with van der Waals surface area (Å²) >= 11 is 0. The van der Waals surface area contributed by atoms with E-state index in [4.69, 9.17) is 0 Å². The van der Waals surface area contributed by atoms with Crippen LogP contribution >= 0.6 is 0 Å². The first-order chi connectivity index (χ1) is 12.1. The molecule has 2 saturated heterocycles. The molecule has 3 aliphatic heterocycles. The summed E-state index contributed by atoms with van der Waals surface area (Å²) < 4.78 is 0. The maximum absolute atomic E-state index is 12.7. The van der Waals surface area contributed by atoms with E-state index < -0.39 is 11.9 Å². The van der Waals surface area contributed by atoms with E-state index in [9.17, 15) is 14.4 Å². The Kier molecular flexibility index (Phi) is 4.20. The molecule has 3 aliphatic rings. The lowest BCUT2D eigenvalue weighted by Gasteiger charge is -2.29. The van der Waals surface area contributed by atoms with Crippen molar-refractivity contribution in [3.63, 3.8) is 0 Å². The summed E-state index contributed by atoms with van der Waals surface area (Å²) in [5, 5.41) is 2.30. The summed E-state index contributed by atoms with van der Waals surface area (Å²) in [5.41, 5.74) is 1.14. The molecule has 4 heterocycles. The van der Waals surface area contributed by atoms with Gasteiger partial charge < -0.3 is 4.90 Å². The van der Waals surface area contributed by atoms with Crippen LogP contribution in [0.1, 0.15) is 54.0 Å². The van der Waals surface area contributed by atoms with Gasteiger partial charge in [-0.1, -0.05) is 6.42 Å². The van der Waals surface area contributed by atoms with Crippen molar-refractivity contribution in [1.29, 1.82) is 0 Å². The lowest BCUT2D eigenvalue weighted by Crippen LogP contribution is -2.52. The molecule has 2 fully saturated rings. The van der Waals surface area contributed by atoms with Crippen LogP contribution in [0, 0.1) is 0 Å². The van der Waals surface area contributed by atoms with Crippen molar-refractivity contribution < 1.29 is 14.4 Å². The molecule has 0 bridgehead atoms. The van der Waals surface area contributed by atoms with Crippen LogP contribution in [-0.4, -0.2) is 56.6 Å². The number of carbonyl (C=O) groups is 3. The van der Waals surface area contributed by atoms with Crippen molar-refractivity contribution >= 4 is 17.7 Å². The molecular formula is C17H21N5O3. The van der Waals surface area contributed by atoms with Crippen molar-refractivity contribution in [1.82, 2.24) is 25.1 Å². The minimum absolute atomic E-state index is 0.244. The molecule has 0 aliphatic carbocycles. The number of fused-ring (bicyclic) bond motifs is 1. The minimum atomic E-state index is -0.607. The van der Waals surface area contributed by atoms with E-state index in [0.717, 1.165) is 18.7 Å². The number of amides is 3. The van der Waals surface area contributed by atoms with Gasteiger partial charge in [-0.2, -0.15) is 0 Å². The van der Waals surface area contributed by atoms with Crippen LogP contribution in [0.25, 0.3) is 0 Å². The third-order valence-corrected chi connectivity index (χ3v) is 5.12. The maximum atomic E-state index is 12.7. The Hall–Kier alpha value is -2.35. The van der Waals surface area contributed by atoms with Crippen molar-refractivity contribution in [3.8, 4) is 0 Å². The van der Waals surface area contributed by atoms with E-state index in [1.165, 1.54) is 24.2 Å². The SMILES string of the molecule is O=C1CCC(N2Cc3cnc(CN4CCCCC4)nc3C2=O)C(=O)N1. The van der Waals surface area contributed by atoms with E-state index in [-0.39, 0.29) is 18.2 Å². The molecule has 0 saturated carbocycles. The number of hydrogen-bond donors (Lipinski definition) is 1. The first-order valence-electron chi connectivity index (χ1n) is 8.83. The highest BCUT2D eigenvalue weighted by molar-refractivity contribution is 6.04. The van der Waals surface area contributed by atoms with Crippen LogP contribution in [-0.2, 0) is 22.7 Å². The predicted molar refractivity (Wildman–Crippen MR) is 87.2 cm³/mol. The molecule has 1 unspecified atom stereocenters. The fourth-order valence-corrected chi connectivity index (χ4v) is 3.76. The molecule has 0 aromatic carbocycles. The average Bonchev–Trinajstić information content (AvgIpc) is 2.92. The summed E-state index contributed by atoms with van der Waals surface area (Å²) in [4.78, 5) is 48.8. The molecule has 132 valence electrons. The Bertz CT molecular complexity index is 729. The van der Waals surface area contributed by atoms with Crippen LogP contribution in [0.2, 0.25) is 0 Å². The Morgan fingerprint density at radius 2 is 1.96 bits per heavy atom. The normalized spacial score (nSPS) is 24.4. The molecule has 1 atom stereocenters. The van der Waals surface area contributed by atoms with Crippen molar-refractivity contribution in [2.75, 3.05) is 13.1 Å². The van der Waals surface area contributed by atoms with Crippen LogP contribution < -0.4 is 5.32 Å². The van der Waals surface area contributed by atoms with E-state index in [1.807, 2.05) is 0 Å². The van der Waals surface area contributed by atoms with Gasteiger partial charge in [0.1, 0.15) is 17.6 Å². The highest BCUT2D eigenvalue weighted by Gasteiger charge is 2.40. The van der Waals surface area contributed by atoms with E-state index >= 15 is 0 Å². The fourth-order valence-electron chi connectivity index (χ4n) is 3.76. The summed E-state index contributed by atoms with van der Waals surface area (Å²) in [7, 11) is 0. The third-order valence-electron chi connectivity index (χ3n) is 5.12. The largest absolute Gasteiger partial charge is 0.321 e. The van der Waals surface area contributed by atoms with Gasteiger partial charge in [0.25, 0.3) is 5.91 Å². The minimum Gasteiger partial charge on any atom is -0.321 e. The second-order valence-corrected chi connectivity index (χ2v) is 6.90. The molecule has 3 amide bonds. The van der Waals surface area contributed by atoms with Gasteiger partial charge in [0.2, 0.25) is 11.8 Å². The molecule has 0 spiro atoms. The van der Waals surface area contributed by atoms with Gasteiger partial charge in [-0.05, 0) is 32.4 Å². The molecule has 25 heavy (non-hydrogen) atoms. The number of imide groups is 1. The number of hydrogen-bond acceptors (Lipinski definition) is 6. The summed E-state index contributed by atoms with van der Waals surface area (Å²) in [5.74, 6) is -0.279. The standard InChI is InChI=1S/C17H21N5O3/c23-14-5-4-12(16(24)20-14)22-9-11-8-18-13(19-15(11)17(22)25)10-21-6-2-1-3-7-21/h8,12H,1-7,9-10H2,(H,20,23,24). The zero-order chi connectivity index (χ0) is 17.4. The van der Waals surface area contributed by atoms with Gasteiger partial charge in [-0.25, -0.2) is 9.97 Å². The van der Waals surface area contributed by atoms with Crippen molar-refractivity contribution in [3.05, 3.63) is 23.3 Å². The number of rotatable bonds is 3. The van der Waals surface area contributed by atoms with Crippen LogP contribution in [0.4, 0.5) is 0 Å². The number of piperidine rings is 2. The van der Waals surface area contributed by atoms with E-state index in [2.05, 4.69) is 20.2 Å². The topological polar surface area (TPSA) is 95.5 Å². The first kappa shape index (κ1) is 16.1. The number of carbonyl (C=O) groups excluding carboxylic acids is 3. The number of aromatic nitrogens is 2. The van der Waals surface area contributed by atoms with Crippen LogP contribution in [0.5, 0.6) is 0 Å². The van der Waals surface area contributed by atoms with Gasteiger partial charge in [-0.15, -0.1) is 0 Å². The Labute approximate surface area is 145 Å². The van der Waals surface area contributed by atoms with Gasteiger partial charge in [0.15, 0.2) is 0 Å². The highest BCUT2D eigenvalue weighted by atomic mass is 16.2. The summed E-state index contributed by atoms with van der Waals surface area (Å²) in [6.07, 6.45) is 5.95. The number of nitrogens with one attached hydrogen (secondary N) is 1. The van der Waals surface area contributed by atoms with Crippen LogP contribution in [0.15, 0.2) is 6.20 Å². The quantitative estimate of drug-likeness (QED) is 0.789. The predicted octanol–water partition coefficient (Wildman–Crippen LogP) is 0.224. The van der Waals surface area contributed by atoms with Crippen molar-refractivity contribution in [2.24, 2.45) is 0 Å². The lowest BCUT2D eigenvalue weighted by molar-refractivity contribution is -0.136. The molecule has 1 aromatic heterocycles. The Morgan fingerprint density at radius 3 is 2.72 bits per heavy atom. The summed E-state index contributed by atoms with van der Waals surface area (Å²) in [6.45, 7) is 3.05. The second-order valence-electron chi connectivity index (χ2n) is 6.90. The van der Waals surface area contributed by atoms with E-state index in [1.54, 1.807) is 6.20 Å². The number of nitrogens with zero attached hydrogens (tertiary/aromatic N) is 4. The van der Waals surface area contributed by atoms with Crippen LogP contribution in [0.3, 0.4) is 0 Å². The molecular weight excluding hydrogens is 322 g/mol. The molecule has 0 radical (unpaired) electrons. The smallest absolute Gasteiger partial charge is 0.273 e. The highest BCUT2D eigenvalue weighted by Crippen LogP contribution is 2.26. The molecule has 8 nitrogen and oxygen atoms in total. The number of likely N-dealkylation sites (tertiary alicyclic amines) is 1. The second kappa shape index (κ2) is 6.51. The third kappa shape index (κ3) is 3.13. The Morgan fingerprint density at radius 1 is 1.16 bits per heavy atom. The molecule has 4 rings (SSSR count). The monoisotopic (exact) mass is 343 g/mol. The zero-order valence-electron chi connectivity index (χ0n) is 14.0. The molecule has 1 aromatic rings. The van der Waals surface area contributed by atoms with Gasteiger partial charge >= 0.3 is 0 Å². The molecule has 1 N–H and O–H groups in total. The van der Waals surface area contributed by atoms with Gasteiger partial charge in [0, 0.05) is 18.2 Å². The van der Waals surface area contributed by atoms with Gasteiger partial charge in [-0.3, -0.25) is 24.6 Å². The molecule has 8 heteroatoms. The zero-order valence-corrected chi connectivity index (χ0v) is 14.0. The average molecular weight is 343 g/mol. The maximum Gasteiger partial charge on any atom is 0.273 e. The van der Waals surface area contributed by atoms with Crippen molar-refractivity contribution in [2.45, 2.75) is 51.2 Å². The van der Waals surface area contributed by atoms with E-state index in [0.29, 0.717) is 31.0 Å².